The van der Waals surface area contributed by atoms with Crippen molar-refractivity contribution in [2.45, 2.75) is 13.8 Å². The molecule has 128 valence electrons. The summed E-state index contributed by atoms with van der Waals surface area (Å²) in [5, 5.41) is 2.80. The summed E-state index contributed by atoms with van der Waals surface area (Å²) in [7, 11) is 0. The van der Waals surface area contributed by atoms with E-state index in [0.29, 0.717) is 35.6 Å². The zero-order chi connectivity index (χ0) is 18.0. The lowest BCUT2D eigenvalue weighted by atomic mass is 10.1. The Kier molecular flexibility index (Phi) is 4.52. The molecule has 1 heterocycles. The zero-order valence-corrected chi connectivity index (χ0v) is 14.2. The van der Waals surface area contributed by atoms with Crippen molar-refractivity contribution < 1.29 is 14.4 Å². The van der Waals surface area contributed by atoms with Crippen LogP contribution in [0.15, 0.2) is 48.5 Å². The van der Waals surface area contributed by atoms with Gasteiger partial charge in [-0.3, -0.25) is 9.59 Å². The number of carbonyl (C=O) groups is 3. The van der Waals surface area contributed by atoms with Crippen molar-refractivity contribution in [2.24, 2.45) is 0 Å². The number of anilines is 2. The Bertz CT molecular complexity index is 791. The Labute approximate surface area is 146 Å². The smallest absolute Gasteiger partial charge is 0.321 e. The highest BCUT2D eigenvalue weighted by molar-refractivity contribution is 6.34. The number of imide groups is 1. The van der Waals surface area contributed by atoms with Gasteiger partial charge in [0.2, 0.25) is 0 Å². The van der Waals surface area contributed by atoms with Crippen molar-refractivity contribution in [2.75, 3.05) is 23.3 Å². The average Bonchev–Trinajstić information content (AvgIpc) is 2.88. The molecule has 1 N–H and O–H groups in total. The summed E-state index contributed by atoms with van der Waals surface area (Å²) in [6.45, 7) is 5.06. The van der Waals surface area contributed by atoms with Gasteiger partial charge in [0, 0.05) is 18.8 Å². The number of urea groups is 1. The molecule has 3 rings (SSSR count). The van der Waals surface area contributed by atoms with Gasteiger partial charge in [-0.05, 0) is 50.2 Å². The van der Waals surface area contributed by atoms with Crippen LogP contribution in [0.2, 0.25) is 0 Å². The summed E-state index contributed by atoms with van der Waals surface area (Å²) in [5.41, 5.74) is 1.90. The Hall–Kier alpha value is -3.15. The quantitative estimate of drug-likeness (QED) is 0.870. The molecule has 0 fully saturated rings. The van der Waals surface area contributed by atoms with Crippen LogP contribution in [-0.2, 0) is 0 Å². The largest absolute Gasteiger partial charge is 0.325 e. The zero-order valence-electron chi connectivity index (χ0n) is 14.2. The first kappa shape index (κ1) is 16.7. The highest BCUT2D eigenvalue weighted by Gasteiger charge is 2.36. The third kappa shape index (κ3) is 2.98. The van der Waals surface area contributed by atoms with Gasteiger partial charge in [-0.1, -0.05) is 12.1 Å². The van der Waals surface area contributed by atoms with Gasteiger partial charge in [0.25, 0.3) is 11.8 Å². The number of benzene rings is 2. The SMILES string of the molecule is CCN(CC)C(=O)Nc1ccc(N2C(=O)c3ccccc3C2=O)cc1. The van der Waals surface area contributed by atoms with Crippen LogP contribution in [0.25, 0.3) is 0 Å². The van der Waals surface area contributed by atoms with Gasteiger partial charge in [0.05, 0.1) is 16.8 Å². The molecule has 2 aromatic rings. The van der Waals surface area contributed by atoms with Gasteiger partial charge in [-0.25, -0.2) is 9.69 Å². The van der Waals surface area contributed by atoms with Crippen LogP contribution in [0, 0.1) is 0 Å². The molecule has 6 heteroatoms. The van der Waals surface area contributed by atoms with Crippen LogP contribution >= 0.6 is 0 Å². The fourth-order valence-electron chi connectivity index (χ4n) is 2.83. The molecule has 0 saturated carbocycles. The van der Waals surface area contributed by atoms with Gasteiger partial charge in [0.1, 0.15) is 0 Å². The van der Waals surface area contributed by atoms with E-state index in [-0.39, 0.29) is 17.8 Å². The lowest BCUT2D eigenvalue weighted by Gasteiger charge is -2.19. The first-order valence-corrected chi connectivity index (χ1v) is 8.20. The van der Waals surface area contributed by atoms with Crippen molar-refractivity contribution in [3.8, 4) is 0 Å². The first-order chi connectivity index (χ1) is 12.1. The number of fused-ring (bicyclic) bond motifs is 1. The maximum Gasteiger partial charge on any atom is 0.321 e. The highest BCUT2D eigenvalue weighted by atomic mass is 16.2. The Morgan fingerprint density at radius 1 is 0.920 bits per heavy atom. The molecule has 1 aliphatic heterocycles. The summed E-state index contributed by atoms with van der Waals surface area (Å²) in [6.07, 6.45) is 0. The van der Waals surface area contributed by atoms with E-state index in [1.54, 1.807) is 53.4 Å². The van der Waals surface area contributed by atoms with E-state index in [1.807, 2.05) is 13.8 Å². The van der Waals surface area contributed by atoms with Crippen molar-refractivity contribution in [1.29, 1.82) is 0 Å². The molecule has 0 saturated heterocycles. The van der Waals surface area contributed by atoms with Crippen molar-refractivity contribution >= 4 is 29.2 Å². The van der Waals surface area contributed by atoms with Crippen LogP contribution in [0.3, 0.4) is 0 Å². The number of nitrogens with zero attached hydrogens (tertiary/aromatic N) is 2. The van der Waals surface area contributed by atoms with E-state index in [2.05, 4.69) is 5.32 Å². The molecular weight excluding hydrogens is 318 g/mol. The summed E-state index contributed by atoms with van der Waals surface area (Å²) < 4.78 is 0. The standard InChI is InChI=1S/C19H19N3O3/c1-3-21(4-2)19(25)20-13-9-11-14(12-10-13)22-17(23)15-7-5-6-8-16(15)18(22)24/h5-12H,3-4H2,1-2H3,(H,20,25). The molecule has 0 atom stereocenters. The van der Waals surface area contributed by atoms with Gasteiger partial charge in [-0.2, -0.15) is 0 Å². The number of hydrogen-bond acceptors (Lipinski definition) is 3. The first-order valence-electron chi connectivity index (χ1n) is 8.20. The number of nitrogens with one attached hydrogen (secondary N) is 1. The summed E-state index contributed by atoms with van der Waals surface area (Å²) in [5.74, 6) is -0.666. The van der Waals surface area contributed by atoms with Gasteiger partial charge >= 0.3 is 6.03 Å². The molecule has 25 heavy (non-hydrogen) atoms. The van der Waals surface area contributed by atoms with Crippen molar-refractivity contribution in [1.82, 2.24) is 4.90 Å². The molecule has 0 aromatic heterocycles. The molecule has 6 nitrogen and oxygen atoms in total. The van der Waals surface area contributed by atoms with E-state index >= 15 is 0 Å². The third-order valence-corrected chi connectivity index (χ3v) is 4.22. The summed E-state index contributed by atoms with van der Waals surface area (Å²) >= 11 is 0. The number of hydrogen-bond donors (Lipinski definition) is 1. The molecule has 1 aliphatic rings. The monoisotopic (exact) mass is 337 g/mol. The second-order valence-electron chi connectivity index (χ2n) is 5.64. The molecule has 2 aromatic carbocycles. The van der Waals surface area contributed by atoms with E-state index in [9.17, 15) is 14.4 Å². The Morgan fingerprint density at radius 3 is 1.92 bits per heavy atom. The predicted octanol–water partition coefficient (Wildman–Crippen LogP) is 3.36. The van der Waals surface area contributed by atoms with Gasteiger partial charge < -0.3 is 10.2 Å². The minimum atomic E-state index is -0.333. The van der Waals surface area contributed by atoms with E-state index in [1.165, 1.54) is 0 Å². The van der Waals surface area contributed by atoms with Crippen LogP contribution < -0.4 is 10.2 Å². The molecule has 0 unspecified atom stereocenters. The van der Waals surface area contributed by atoms with Crippen LogP contribution in [0.5, 0.6) is 0 Å². The second kappa shape index (κ2) is 6.76. The number of rotatable bonds is 4. The van der Waals surface area contributed by atoms with Crippen LogP contribution in [-0.4, -0.2) is 35.8 Å². The van der Waals surface area contributed by atoms with Gasteiger partial charge in [0.15, 0.2) is 0 Å². The maximum atomic E-state index is 12.5. The van der Waals surface area contributed by atoms with Crippen molar-refractivity contribution in [3.05, 3.63) is 59.7 Å². The fourth-order valence-corrected chi connectivity index (χ4v) is 2.83. The lowest BCUT2D eigenvalue weighted by Crippen LogP contribution is -2.34. The minimum absolute atomic E-state index is 0.182. The fraction of sp³-hybridized carbons (Fsp3) is 0.211. The highest BCUT2D eigenvalue weighted by Crippen LogP contribution is 2.29. The molecule has 0 radical (unpaired) electrons. The maximum absolute atomic E-state index is 12.5. The summed E-state index contributed by atoms with van der Waals surface area (Å²) in [6, 6.07) is 13.2. The average molecular weight is 337 g/mol. The molecule has 4 amide bonds. The summed E-state index contributed by atoms with van der Waals surface area (Å²) in [4.78, 5) is 39.8. The predicted molar refractivity (Wildman–Crippen MR) is 96.0 cm³/mol. The lowest BCUT2D eigenvalue weighted by molar-refractivity contribution is 0.0926. The van der Waals surface area contributed by atoms with Crippen LogP contribution in [0.1, 0.15) is 34.6 Å². The van der Waals surface area contributed by atoms with Gasteiger partial charge in [-0.15, -0.1) is 0 Å². The topological polar surface area (TPSA) is 69.7 Å². The molecule has 0 spiro atoms. The molecule has 0 aliphatic carbocycles. The number of amides is 4. The van der Waals surface area contributed by atoms with E-state index in [0.717, 1.165) is 4.90 Å². The van der Waals surface area contributed by atoms with Crippen LogP contribution in [0.4, 0.5) is 16.2 Å². The molecular formula is C19H19N3O3. The van der Waals surface area contributed by atoms with E-state index < -0.39 is 0 Å². The normalized spacial score (nSPS) is 13.0. The Morgan fingerprint density at radius 2 is 1.44 bits per heavy atom. The minimum Gasteiger partial charge on any atom is -0.325 e. The molecule has 0 bridgehead atoms. The second-order valence-corrected chi connectivity index (χ2v) is 5.64. The van der Waals surface area contributed by atoms with E-state index in [4.69, 9.17) is 0 Å². The Balaban J connectivity index is 1.79. The number of carbonyl (C=O) groups excluding carboxylic acids is 3. The third-order valence-electron chi connectivity index (χ3n) is 4.22. The van der Waals surface area contributed by atoms with Crippen molar-refractivity contribution in [3.63, 3.8) is 0 Å².